The summed E-state index contributed by atoms with van der Waals surface area (Å²) in [6, 6.07) is 6.92. The van der Waals surface area contributed by atoms with Crippen LogP contribution in [0.4, 0.5) is 0 Å². The lowest BCUT2D eigenvalue weighted by Crippen LogP contribution is -2.28. The van der Waals surface area contributed by atoms with Crippen LogP contribution in [-0.4, -0.2) is 28.8 Å². The maximum absolute atomic E-state index is 11.1. The van der Waals surface area contributed by atoms with Crippen molar-refractivity contribution in [1.29, 1.82) is 0 Å². The molecule has 1 aliphatic rings. The van der Waals surface area contributed by atoms with Crippen LogP contribution < -0.4 is 5.32 Å². The largest absolute Gasteiger partial charge is 0.508 e. The predicted octanol–water partition coefficient (Wildman–Crippen LogP) is 1.31. The Labute approximate surface area is 93.9 Å². The Morgan fingerprint density at radius 2 is 2.25 bits per heavy atom. The molecular formula is C12H15NO3. The number of carboxylic acids is 1. The van der Waals surface area contributed by atoms with Crippen molar-refractivity contribution in [1.82, 2.24) is 5.32 Å². The van der Waals surface area contributed by atoms with Crippen molar-refractivity contribution >= 4 is 5.97 Å². The van der Waals surface area contributed by atoms with Crippen LogP contribution in [-0.2, 0) is 4.79 Å². The Morgan fingerprint density at radius 1 is 1.50 bits per heavy atom. The molecule has 86 valence electrons. The summed E-state index contributed by atoms with van der Waals surface area (Å²) in [5, 5.41) is 21.6. The zero-order valence-electron chi connectivity index (χ0n) is 8.89. The van der Waals surface area contributed by atoms with Gasteiger partial charge in [-0.1, -0.05) is 12.1 Å². The van der Waals surface area contributed by atoms with E-state index in [-0.39, 0.29) is 5.75 Å². The fourth-order valence-corrected chi connectivity index (χ4v) is 1.66. The van der Waals surface area contributed by atoms with E-state index in [1.165, 1.54) is 12.1 Å². The second-order valence-corrected chi connectivity index (χ2v) is 4.17. The highest BCUT2D eigenvalue weighted by atomic mass is 16.4. The quantitative estimate of drug-likeness (QED) is 0.701. The van der Waals surface area contributed by atoms with Gasteiger partial charge < -0.3 is 15.5 Å². The Balaban J connectivity index is 2.07. The zero-order valence-corrected chi connectivity index (χ0v) is 8.89. The van der Waals surface area contributed by atoms with Gasteiger partial charge in [-0.15, -0.1) is 0 Å². The van der Waals surface area contributed by atoms with Crippen molar-refractivity contribution in [3.05, 3.63) is 29.8 Å². The van der Waals surface area contributed by atoms with Crippen molar-refractivity contribution in [3.63, 3.8) is 0 Å². The van der Waals surface area contributed by atoms with Crippen LogP contribution in [0.3, 0.4) is 0 Å². The number of nitrogens with one attached hydrogen (secondary N) is 1. The highest BCUT2D eigenvalue weighted by molar-refractivity contribution is 5.76. The average Bonchev–Trinajstić information content (AvgIpc) is 3.01. The highest BCUT2D eigenvalue weighted by Gasteiger charge is 2.25. The molecule has 0 aliphatic heterocycles. The van der Waals surface area contributed by atoms with Gasteiger partial charge in [0.15, 0.2) is 0 Å². The number of phenolic OH excluding ortho intramolecular Hbond substituents is 1. The van der Waals surface area contributed by atoms with Gasteiger partial charge in [-0.3, -0.25) is 4.79 Å². The number of benzene rings is 1. The van der Waals surface area contributed by atoms with Gasteiger partial charge in [0.2, 0.25) is 0 Å². The van der Waals surface area contributed by atoms with Crippen LogP contribution in [0.2, 0.25) is 0 Å². The summed E-state index contributed by atoms with van der Waals surface area (Å²) < 4.78 is 0. The fraction of sp³-hybridized carbons (Fsp3) is 0.417. The monoisotopic (exact) mass is 221 g/mol. The summed E-state index contributed by atoms with van der Waals surface area (Å²) in [7, 11) is 0. The van der Waals surface area contributed by atoms with Crippen molar-refractivity contribution in [2.75, 3.05) is 6.54 Å². The van der Waals surface area contributed by atoms with Gasteiger partial charge in [-0.05, 0) is 30.5 Å². The molecule has 0 aromatic heterocycles. The van der Waals surface area contributed by atoms with Crippen molar-refractivity contribution < 1.29 is 15.0 Å². The number of hydrogen-bond acceptors (Lipinski definition) is 3. The van der Waals surface area contributed by atoms with Crippen molar-refractivity contribution in [3.8, 4) is 5.75 Å². The SMILES string of the molecule is O=C(O)C(CNC1CC1)c1cccc(O)c1. The first-order valence-corrected chi connectivity index (χ1v) is 5.42. The van der Waals surface area contributed by atoms with Gasteiger partial charge >= 0.3 is 5.97 Å². The molecule has 4 nitrogen and oxygen atoms in total. The molecule has 1 aromatic carbocycles. The Kier molecular flexibility index (Phi) is 3.10. The van der Waals surface area contributed by atoms with Gasteiger partial charge in [0.25, 0.3) is 0 Å². The van der Waals surface area contributed by atoms with Crippen LogP contribution in [0.1, 0.15) is 24.3 Å². The van der Waals surface area contributed by atoms with Crippen molar-refractivity contribution in [2.24, 2.45) is 0 Å². The Morgan fingerprint density at radius 3 is 2.81 bits per heavy atom. The maximum Gasteiger partial charge on any atom is 0.312 e. The molecule has 0 saturated heterocycles. The normalized spacial score (nSPS) is 17.0. The molecule has 1 fully saturated rings. The van der Waals surface area contributed by atoms with E-state index >= 15 is 0 Å². The van der Waals surface area contributed by atoms with Gasteiger partial charge in [0.1, 0.15) is 5.75 Å². The number of rotatable bonds is 5. The minimum Gasteiger partial charge on any atom is -0.508 e. The molecule has 2 rings (SSSR count). The number of aromatic hydroxyl groups is 1. The Bertz CT molecular complexity index is 388. The third-order valence-corrected chi connectivity index (χ3v) is 2.76. The first-order valence-electron chi connectivity index (χ1n) is 5.42. The van der Waals surface area contributed by atoms with E-state index in [1.54, 1.807) is 12.1 Å². The lowest BCUT2D eigenvalue weighted by Gasteiger charge is -2.13. The predicted molar refractivity (Wildman–Crippen MR) is 59.5 cm³/mol. The minimum atomic E-state index is -0.862. The van der Waals surface area contributed by atoms with E-state index in [4.69, 9.17) is 5.11 Å². The van der Waals surface area contributed by atoms with Gasteiger partial charge in [-0.2, -0.15) is 0 Å². The van der Waals surface area contributed by atoms with E-state index in [9.17, 15) is 9.90 Å². The third kappa shape index (κ3) is 2.73. The van der Waals surface area contributed by atoms with Crippen LogP contribution in [0.25, 0.3) is 0 Å². The summed E-state index contributed by atoms with van der Waals surface area (Å²) >= 11 is 0. The first-order chi connectivity index (χ1) is 7.66. The summed E-state index contributed by atoms with van der Waals surface area (Å²) in [5.74, 6) is -1.35. The van der Waals surface area contributed by atoms with Gasteiger partial charge in [0.05, 0.1) is 5.92 Å². The first kappa shape index (κ1) is 11.0. The summed E-state index contributed by atoms with van der Waals surface area (Å²) in [5.41, 5.74) is 0.639. The molecule has 1 unspecified atom stereocenters. The molecule has 0 radical (unpaired) electrons. The molecule has 16 heavy (non-hydrogen) atoms. The Hall–Kier alpha value is -1.55. The summed E-state index contributed by atoms with van der Waals surface area (Å²) in [6.45, 7) is 0.420. The minimum absolute atomic E-state index is 0.107. The highest BCUT2D eigenvalue weighted by Crippen LogP contribution is 2.23. The lowest BCUT2D eigenvalue weighted by atomic mass is 9.99. The molecule has 0 spiro atoms. The van der Waals surface area contributed by atoms with E-state index < -0.39 is 11.9 Å². The van der Waals surface area contributed by atoms with Crippen molar-refractivity contribution in [2.45, 2.75) is 24.8 Å². The zero-order chi connectivity index (χ0) is 11.5. The molecule has 0 amide bonds. The van der Waals surface area contributed by atoms with E-state index in [1.807, 2.05) is 0 Å². The molecule has 4 heteroatoms. The standard InChI is InChI=1S/C12H15NO3/c14-10-3-1-2-8(6-10)11(12(15)16)7-13-9-4-5-9/h1-3,6,9,11,13-14H,4-5,7H2,(H,15,16). The molecule has 1 aliphatic carbocycles. The van der Waals surface area contributed by atoms with Gasteiger partial charge in [-0.25, -0.2) is 0 Å². The molecule has 0 bridgehead atoms. The van der Waals surface area contributed by atoms with Crippen LogP contribution in [0, 0.1) is 0 Å². The summed E-state index contributed by atoms with van der Waals surface area (Å²) in [4.78, 5) is 11.1. The molecule has 1 aromatic rings. The number of aliphatic carboxylic acids is 1. The number of phenols is 1. The topological polar surface area (TPSA) is 69.6 Å². The number of hydrogen-bond donors (Lipinski definition) is 3. The number of carbonyl (C=O) groups is 1. The second-order valence-electron chi connectivity index (χ2n) is 4.17. The molecule has 0 heterocycles. The summed E-state index contributed by atoms with van der Waals surface area (Å²) in [6.07, 6.45) is 2.26. The smallest absolute Gasteiger partial charge is 0.312 e. The second kappa shape index (κ2) is 4.53. The molecule has 1 atom stereocenters. The third-order valence-electron chi connectivity index (χ3n) is 2.76. The molecular weight excluding hydrogens is 206 g/mol. The van der Waals surface area contributed by atoms with Crippen LogP contribution in [0.5, 0.6) is 5.75 Å². The van der Waals surface area contributed by atoms with Gasteiger partial charge in [0, 0.05) is 12.6 Å². The average molecular weight is 221 g/mol. The molecule has 1 saturated carbocycles. The lowest BCUT2D eigenvalue weighted by molar-refractivity contribution is -0.138. The van der Waals surface area contributed by atoms with Crippen LogP contribution in [0.15, 0.2) is 24.3 Å². The molecule has 3 N–H and O–H groups in total. The van der Waals surface area contributed by atoms with Crippen LogP contribution >= 0.6 is 0 Å². The fourth-order valence-electron chi connectivity index (χ4n) is 1.66. The maximum atomic E-state index is 11.1. The number of carboxylic acid groups (broad SMARTS) is 1. The van der Waals surface area contributed by atoms with E-state index in [2.05, 4.69) is 5.32 Å². The van der Waals surface area contributed by atoms with E-state index in [0.717, 1.165) is 12.8 Å². The van der Waals surface area contributed by atoms with E-state index in [0.29, 0.717) is 18.2 Å².